The van der Waals surface area contributed by atoms with Crippen molar-refractivity contribution in [2.75, 3.05) is 6.61 Å². The van der Waals surface area contributed by atoms with Gasteiger partial charge in [-0.15, -0.1) is 0 Å². The number of benzene rings is 1. The van der Waals surface area contributed by atoms with E-state index in [0.717, 1.165) is 19.4 Å². The lowest BCUT2D eigenvalue weighted by atomic mass is 10.0. The third-order valence-corrected chi connectivity index (χ3v) is 4.11. The van der Waals surface area contributed by atoms with Crippen LogP contribution in [0.2, 0.25) is 5.02 Å². The predicted octanol–water partition coefficient (Wildman–Crippen LogP) is 3.84. The molecule has 17 heavy (non-hydrogen) atoms. The Labute approximate surface area is 113 Å². The molecule has 1 N–H and O–H groups in total. The van der Waals surface area contributed by atoms with Crippen molar-refractivity contribution >= 4 is 27.5 Å². The largest absolute Gasteiger partial charge is 0.388 e. The second kappa shape index (κ2) is 5.65. The molecule has 0 aliphatic carbocycles. The van der Waals surface area contributed by atoms with Crippen LogP contribution in [0.1, 0.15) is 30.9 Å². The molecule has 2 nitrogen and oxygen atoms in total. The van der Waals surface area contributed by atoms with Gasteiger partial charge in [-0.1, -0.05) is 11.6 Å². The molecule has 1 aliphatic rings. The number of ether oxygens (including phenoxy) is 1. The van der Waals surface area contributed by atoms with Crippen LogP contribution >= 0.6 is 27.5 Å². The molecule has 1 saturated heterocycles. The van der Waals surface area contributed by atoms with E-state index in [0.29, 0.717) is 15.9 Å². The maximum absolute atomic E-state index is 13.7. The molecule has 0 aromatic heterocycles. The number of rotatable bonds is 3. The molecule has 5 heteroatoms. The molecule has 1 aromatic rings. The summed E-state index contributed by atoms with van der Waals surface area (Å²) in [6.45, 7) is 0.723. The molecule has 0 saturated carbocycles. The zero-order valence-corrected chi connectivity index (χ0v) is 11.5. The lowest BCUT2D eigenvalue weighted by Gasteiger charge is -2.16. The minimum atomic E-state index is -0.872. The van der Waals surface area contributed by atoms with Crippen LogP contribution in [0.15, 0.2) is 16.6 Å². The zero-order chi connectivity index (χ0) is 12.4. The van der Waals surface area contributed by atoms with Gasteiger partial charge >= 0.3 is 0 Å². The summed E-state index contributed by atoms with van der Waals surface area (Å²) in [6.07, 6.45) is 1.48. The zero-order valence-electron chi connectivity index (χ0n) is 9.13. The van der Waals surface area contributed by atoms with Crippen molar-refractivity contribution < 1.29 is 14.2 Å². The van der Waals surface area contributed by atoms with E-state index < -0.39 is 11.9 Å². The SMILES string of the molecule is OC(CC1CCCO1)c1cc(Cl)c(Br)cc1F. The highest BCUT2D eigenvalue weighted by Gasteiger charge is 2.23. The molecule has 1 fully saturated rings. The third kappa shape index (κ3) is 3.19. The lowest BCUT2D eigenvalue weighted by Crippen LogP contribution is -2.12. The van der Waals surface area contributed by atoms with E-state index in [1.54, 1.807) is 0 Å². The first-order valence-electron chi connectivity index (χ1n) is 5.52. The minimum Gasteiger partial charge on any atom is -0.388 e. The van der Waals surface area contributed by atoms with Crippen molar-refractivity contribution in [2.45, 2.75) is 31.5 Å². The van der Waals surface area contributed by atoms with Crippen molar-refractivity contribution in [3.8, 4) is 0 Å². The number of aliphatic hydroxyl groups excluding tert-OH is 1. The van der Waals surface area contributed by atoms with Gasteiger partial charge in [0, 0.05) is 23.1 Å². The van der Waals surface area contributed by atoms with Crippen LogP contribution < -0.4 is 0 Å². The quantitative estimate of drug-likeness (QED) is 0.856. The second-order valence-corrected chi connectivity index (χ2v) is 5.44. The molecule has 1 aromatic carbocycles. The van der Waals surface area contributed by atoms with Gasteiger partial charge in [0.2, 0.25) is 0 Å². The molecule has 0 bridgehead atoms. The maximum atomic E-state index is 13.7. The summed E-state index contributed by atoms with van der Waals surface area (Å²) in [5, 5.41) is 10.4. The molecular formula is C12H13BrClFO2. The highest BCUT2D eigenvalue weighted by atomic mass is 79.9. The molecule has 1 aliphatic heterocycles. The van der Waals surface area contributed by atoms with Gasteiger partial charge in [-0.3, -0.25) is 0 Å². The summed E-state index contributed by atoms with van der Waals surface area (Å²) in [5.74, 6) is -0.452. The van der Waals surface area contributed by atoms with Crippen molar-refractivity contribution in [1.29, 1.82) is 0 Å². The van der Waals surface area contributed by atoms with Crippen LogP contribution in [-0.2, 0) is 4.74 Å². The van der Waals surface area contributed by atoms with Crippen LogP contribution in [0.4, 0.5) is 4.39 Å². The smallest absolute Gasteiger partial charge is 0.130 e. The average molecular weight is 324 g/mol. The Balaban J connectivity index is 2.12. The molecule has 1 heterocycles. The van der Waals surface area contributed by atoms with E-state index in [1.165, 1.54) is 12.1 Å². The van der Waals surface area contributed by atoms with E-state index in [2.05, 4.69) is 15.9 Å². The number of aliphatic hydroxyl groups is 1. The second-order valence-electron chi connectivity index (χ2n) is 4.17. The first-order valence-corrected chi connectivity index (χ1v) is 6.69. The van der Waals surface area contributed by atoms with E-state index in [4.69, 9.17) is 16.3 Å². The Morgan fingerprint density at radius 1 is 1.59 bits per heavy atom. The van der Waals surface area contributed by atoms with Crippen molar-refractivity contribution in [1.82, 2.24) is 0 Å². The first-order chi connectivity index (χ1) is 8.08. The van der Waals surface area contributed by atoms with Gasteiger partial charge in [0.15, 0.2) is 0 Å². The molecule has 2 rings (SSSR count). The normalized spacial score (nSPS) is 21.8. The van der Waals surface area contributed by atoms with Crippen LogP contribution in [0.5, 0.6) is 0 Å². The van der Waals surface area contributed by atoms with Crippen LogP contribution in [-0.4, -0.2) is 17.8 Å². The first kappa shape index (κ1) is 13.3. The molecule has 0 spiro atoms. The summed E-state index contributed by atoms with van der Waals surface area (Å²) in [7, 11) is 0. The maximum Gasteiger partial charge on any atom is 0.130 e. The molecule has 2 unspecified atom stereocenters. The predicted molar refractivity (Wildman–Crippen MR) is 67.7 cm³/mol. The van der Waals surface area contributed by atoms with Crippen molar-refractivity contribution in [2.24, 2.45) is 0 Å². The van der Waals surface area contributed by atoms with Gasteiger partial charge in [-0.05, 0) is 40.9 Å². The van der Waals surface area contributed by atoms with E-state index >= 15 is 0 Å². The van der Waals surface area contributed by atoms with Gasteiger partial charge in [-0.25, -0.2) is 4.39 Å². The Bertz CT molecular complexity index is 408. The summed E-state index contributed by atoms with van der Waals surface area (Å²) >= 11 is 9.03. The summed E-state index contributed by atoms with van der Waals surface area (Å²) in [4.78, 5) is 0. The van der Waals surface area contributed by atoms with Crippen molar-refractivity contribution in [3.05, 3.63) is 33.0 Å². The Kier molecular flexibility index (Phi) is 4.42. The fourth-order valence-corrected chi connectivity index (χ4v) is 2.49. The summed E-state index contributed by atoms with van der Waals surface area (Å²) in [5.41, 5.74) is 0.230. The van der Waals surface area contributed by atoms with E-state index in [1.807, 2.05) is 0 Å². The molecular weight excluding hydrogens is 310 g/mol. The van der Waals surface area contributed by atoms with Gasteiger partial charge in [0.05, 0.1) is 17.2 Å². The minimum absolute atomic E-state index is 0.0202. The number of halogens is 3. The molecule has 0 amide bonds. The Morgan fingerprint density at radius 2 is 2.35 bits per heavy atom. The highest BCUT2D eigenvalue weighted by Crippen LogP contribution is 2.32. The Morgan fingerprint density at radius 3 is 3.00 bits per heavy atom. The summed E-state index contributed by atoms with van der Waals surface area (Å²) in [6, 6.07) is 2.73. The van der Waals surface area contributed by atoms with Gasteiger partial charge < -0.3 is 9.84 Å². The van der Waals surface area contributed by atoms with Gasteiger partial charge in [0.1, 0.15) is 5.82 Å². The lowest BCUT2D eigenvalue weighted by molar-refractivity contribution is 0.0522. The third-order valence-electron chi connectivity index (χ3n) is 2.91. The van der Waals surface area contributed by atoms with Crippen LogP contribution in [0.3, 0.4) is 0 Å². The fourth-order valence-electron chi connectivity index (χ4n) is 2.00. The fraction of sp³-hybridized carbons (Fsp3) is 0.500. The Hall–Kier alpha value is -0.160. The van der Waals surface area contributed by atoms with Gasteiger partial charge in [-0.2, -0.15) is 0 Å². The topological polar surface area (TPSA) is 29.5 Å². The van der Waals surface area contributed by atoms with E-state index in [-0.39, 0.29) is 11.7 Å². The van der Waals surface area contributed by atoms with E-state index in [9.17, 15) is 9.50 Å². The van der Waals surface area contributed by atoms with Crippen LogP contribution in [0, 0.1) is 5.82 Å². The monoisotopic (exact) mass is 322 g/mol. The number of hydrogen-bond donors (Lipinski definition) is 1. The standard InChI is InChI=1S/C12H13BrClFO2/c13-9-6-11(15)8(5-10(9)14)12(16)4-7-2-1-3-17-7/h5-7,12,16H,1-4H2. The van der Waals surface area contributed by atoms with Crippen molar-refractivity contribution in [3.63, 3.8) is 0 Å². The summed E-state index contributed by atoms with van der Waals surface area (Å²) < 4.78 is 19.6. The molecule has 0 radical (unpaired) electrons. The molecule has 94 valence electrons. The average Bonchev–Trinajstić information content (AvgIpc) is 2.76. The molecule has 2 atom stereocenters. The highest BCUT2D eigenvalue weighted by molar-refractivity contribution is 9.10. The number of hydrogen-bond acceptors (Lipinski definition) is 2. The van der Waals surface area contributed by atoms with Gasteiger partial charge in [0.25, 0.3) is 0 Å². The van der Waals surface area contributed by atoms with Crippen LogP contribution in [0.25, 0.3) is 0 Å².